The van der Waals surface area contributed by atoms with E-state index in [1.807, 2.05) is 0 Å². The van der Waals surface area contributed by atoms with E-state index in [-0.39, 0.29) is 5.41 Å². The fourth-order valence-electron chi connectivity index (χ4n) is 1.84. The second-order valence-electron chi connectivity index (χ2n) is 4.29. The Morgan fingerprint density at radius 3 is 2.69 bits per heavy atom. The average Bonchev–Trinajstić information content (AvgIpc) is 2.13. The highest BCUT2D eigenvalue weighted by Crippen LogP contribution is 2.39. The second kappa shape index (κ2) is 2.76. The van der Waals surface area contributed by atoms with E-state index in [4.69, 9.17) is 0 Å². The largest absolute Gasteiger partial charge is 0.364 e. The molecule has 0 unspecified atom stereocenters. The van der Waals surface area contributed by atoms with Crippen LogP contribution in [0.1, 0.15) is 25.8 Å². The maximum Gasteiger partial charge on any atom is 0.0917 e. The first-order valence-corrected chi connectivity index (χ1v) is 4.68. The number of rotatable bonds is 0. The Bertz CT molecular complexity index is 315. The lowest BCUT2D eigenvalue weighted by molar-refractivity contribution is 0.494. The zero-order chi connectivity index (χ0) is 9.47. The van der Waals surface area contributed by atoms with E-state index in [1.54, 1.807) is 0 Å². The molecule has 68 valence electrons. The lowest BCUT2D eigenvalue weighted by Gasteiger charge is -2.37. The van der Waals surface area contributed by atoms with Crippen molar-refractivity contribution in [3.63, 3.8) is 0 Å². The molecule has 0 atom stereocenters. The van der Waals surface area contributed by atoms with Gasteiger partial charge in [0.15, 0.2) is 0 Å². The van der Waals surface area contributed by atoms with Gasteiger partial charge in [-0.1, -0.05) is 32.0 Å². The molecule has 1 aliphatic rings. The Labute approximate surface area is 80.4 Å². The molecule has 0 aliphatic carbocycles. The standard InChI is InChI=1S/C12H15N/c1-12(2)8-9-13(3)11-7-5-4-6-10(11)12/h4-7H,8H2,1-3H3. The maximum atomic E-state index is 3.36. The molecule has 1 nitrogen and oxygen atoms in total. The molecule has 1 aromatic carbocycles. The first kappa shape index (κ1) is 8.61. The molecule has 0 bridgehead atoms. The van der Waals surface area contributed by atoms with Gasteiger partial charge in [-0.15, -0.1) is 0 Å². The van der Waals surface area contributed by atoms with Crippen molar-refractivity contribution in [1.82, 2.24) is 0 Å². The topological polar surface area (TPSA) is 3.24 Å². The highest BCUT2D eigenvalue weighted by molar-refractivity contribution is 5.59. The summed E-state index contributed by atoms with van der Waals surface area (Å²) in [6, 6.07) is 8.56. The third-order valence-corrected chi connectivity index (χ3v) is 2.75. The van der Waals surface area contributed by atoms with Crippen LogP contribution in [-0.2, 0) is 5.41 Å². The summed E-state index contributed by atoms with van der Waals surface area (Å²) in [6.07, 6.45) is 1.00. The molecule has 0 fully saturated rings. The number of hydrogen-bond acceptors (Lipinski definition) is 1. The van der Waals surface area contributed by atoms with Crippen molar-refractivity contribution >= 4 is 5.69 Å². The van der Waals surface area contributed by atoms with E-state index in [0.29, 0.717) is 0 Å². The molecule has 1 heterocycles. The average molecular weight is 173 g/mol. The van der Waals surface area contributed by atoms with Crippen LogP contribution in [0.3, 0.4) is 0 Å². The monoisotopic (exact) mass is 173 g/mol. The van der Waals surface area contributed by atoms with Crippen molar-refractivity contribution in [3.8, 4) is 0 Å². The van der Waals surface area contributed by atoms with Gasteiger partial charge in [-0.2, -0.15) is 0 Å². The molecule has 0 saturated heterocycles. The van der Waals surface area contributed by atoms with Gasteiger partial charge in [0.2, 0.25) is 0 Å². The molecule has 1 aliphatic heterocycles. The first-order chi connectivity index (χ1) is 6.11. The third-order valence-electron chi connectivity index (χ3n) is 2.75. The van der Waals surface area contributed by atoms with Gasteiger partial charge in [-0.05, 0) is 23.5 Å². The van der Waals surface area contributed by atoms with E-state index in [2.05, 4.69) is 56.6 Å². The van der Waals surface area contributed by atoms with Gasteiger partial charge >= 0.3 is 0 Å². The Morgan fingerprint density at radius 2 is 2.00 bits per heavy atom. The summed E-state index contributed by atoms with van der Waals surface area (Å²) in [5.41, 5.74) is 2.96. The van der Waals surface area contributed by atoms with Crippen LogP contribution < -0.4 is 4.90 Å². The smallest absolute Gasteiger partial charge is 0.0917 e. The number of anilines is 1. The lowest BCUT2D eigenvalue weighted by Crippen LogP contribution is -2.31. The number of nitrogens with zero attached hydrogens (tertiary/aromatic N) is 1. The van der Waals surface area contributed by atoms with Crippen LogP contribution in [-0.4, -0.2) is 7.05 Å². The molecule has 1 aromatic rings. The molecule has 13 heavy (non-hydrogen) atoms. The zero-order valence-electron chi connectivity index (χ0n) is 8.46. The molecule has 2 rings (SSSR count). The molecule has 2 radical (unpaired) electrons. The molecule has 1 heteroatoms. The van der Waals surface area contributed by atoms with Crippen LogP contribution in [0, 0.1) is 6.54 Å². The van der Waals surface area contributed by atoms with Crippen LogP contribution in [0.5, 0.6) is 0 Å². The van der Waals surface area contributed by atoms with Crippen molar-refractivity contribution in [2.24, 2.45) is 0 Å². The summed E-state index contributed by atoms with van der Waals surface area (Å²) >= 11 is 0. The van der Waals surface area contributed by atoms with E-state index < -0.39 is 0 Å². The highest BCUT2D eigenvalue weighted by Gasteiger charge is 2.29. The Hall–Kier alpha value is -0.980. The van der Waals surface area contributed by atoms with Crippen molar-refractivity contribution in [2.75, 3.05) is 11.9 Å². The van der Waals surface area contributed by atoms with Gasteiger partial charge in [0.05, 0.1) is 6.54 Å². The van der Waals surface area contributed by atoms with Crippen molar-refractivity contribution in [2.45, 2.75) is 25.7 Å². The fraction of sp³-hybridized carbons (Fsp3) is 0.417. The SMILES string of the molecule is CN1[C]CC(C)(C)c2ccccc21. The summed E-state index contributed by atoms with van der Waals surface area (Å²) in [6.45, 7) is 7.90. The van der Waals surface area contributed by atoms with Crippen LogP contribution in [0.25, 0.3) is 0 Å². The molecule has 0 saturated carbocycles. The predicted octanol–water partition coefficient (Wildman–Crippen LogP) is 2.84. The number of benzene rings is 1. The molecule has 0 aromatic heterocycles. The van der Waals surface area contributed by atoms with E-state index in [9.17, 15) is 0 Å². The molecule has 0 spiro atoms. The predicted molar refractivity (Wildman–Crippen MR) is 55.7 cm³/mol. The molecule has 0 amide bonds. The van der Waals surface area contributed by atoms with Gasteiger partial charge in [0.25, 0.3) is 0 Å². The minimum atomic E-state index is 0.239. The molecule has 0 N–H and O–H groups in total. The zero-order valence-corrected chi connectivity index (χ0v) is 8.46. The minimum absolute atomic E-state index is 0.239. The number of fused-ring (bicyclic) bond motifs is 1. The second-order valence-corrected chi connectivity index (χ2v) is 4.29. The summed E-state index contributed by atoms with van der Waals surface area (Å²) in [4.78, 5) is 2.10. The normalized spacial score (nSPS) is 19.8. The fourth-order valence-corrected chi connectivity index (χ4v) is 1.84. The summed E-state index contributed by atoms with van der Waals surface area (Å²) < 4.78 is 0. The quantitative estimate of drug-likeness (QED) is 0.583. The van der Waals surface area contributed by atoms with E-state index in [0.717, 1.165) is 6.42 Å². The number of hydrogen-bond donors (Lipinski definition) is 0. The van der Waals surface area contributed by atoms with Gasteiger partial charge < -0.3 is 4.90 Å². The summed E-state index contributed by atoms with van der Waals surface area (Å²) in [5.74, 6) is 0. The number of para-hydroxylation sites is 1. The highest BCUT2D eigenvalue weighted by atomic mass is 15.1. The van der Waals surface area contributed by atoms with Gasteiger partial charge in [-0.3, -0.25) is 0 Å². The third kappa shape index (κ3) is 1.32. The Balaban J connectivity index is 2.55. The van der Waals surface area contributed by atoms with Crippen LogP contribution >= 0.6 is 0 Å². The maximum absolute atomic E-state index is 3.36. The first-order valence-electron chi connectivity index (χ1n) is 4.68. The van der Waals surface area contributed by atoms with Crippen molar-refractivity contribution < 1.29 is 0 Å². The minimum Gasteiger partial charge on any atom is -0.364 e. The van der Waals surface area contributed by atoms with Crippen molar-refractivity contribution in [1.29, 1.82) is 0 Å². The van der Waals surface area contributed by atoms with Gasteiger partial charge in [-0.25, -0.2) is 0 Å². The lowest BCUT2D eigenvalue weighted by atomic mass is 9.78. The van der Waals surface area contributed by atoms with Gasteiger partial charge in [0, 0.05) is 12.7 Å². The Morgan fingerprint density at radius 1 is 1.31 bits per heavy atom. The molecular weight excluding hydrogens is 158 g/mol. The Kier molecular flexibility index (Phi) is 1.83. The van der Waals surface area contributed by atoms with Crippen LogP contribution in [0.4, 0.5) is 5.69 Å². The van der Waals surface area contributed by atoms with E-state index in [1.165, 1.54) is 11.3 Å². The van der Waals surface area contributed by atoms with E-state index >= 15 is 0 Å². The van der Waals surface area contributed by atoms with Crippen LogP contribution in [0.2, 0.25) is 0 Å². The summed E-state index contributed by atoms with van der Waals surface area (Å²) in [7, 11) is 2.06. The van der Waals surface area contributed by atoms with Gasteiger partial charge in [0.1, 0.15) is 0 Å². The van der Waals surface area contributed by atoms with Crippen molar-refractivity contribution in [3.05, 3.63) is 36.4 Å². The molecular formula is C12H15N. The van der Waals surface area contributed by atoms with Crippen LogP contribution in [0.15, 0.2) is 24.3 Å². The summed E-state index contributed by atoms with van der Waals surface area (Å²) in [5, 5.41) is 0.